The van der Waals surface area contributed by atoms with Crippen LogP contribution in [0.2, 0.25) is 0 Å². The Morgan fingerprint density at radius 3 is 2.33 bits per heavy atom. The van der Waals surface area contributed by atoms with Crippen molar-refractivity contribution in [3.8, 4) is 0 Å². The van der Waals surface area contributed by atoms with Crippen molar-refractivity contribution in [2.24, 2.45) is 0 Å². The zero-order valence-electron chi connectivity index (χ0n) is 6.71. The van der Waals surface area contributed by atoms with Crippen molar-refractivity contribution in [3.63, 3.8) is 0 Å². The molecule has 2 nitrogen and oxygen atoms in total. The van der Waals surface area contributed by atoms with E-state index in [0.717, 1.165) is 0 Å². The zero-order valence-corrected chi connectivity index (χ0v) is 9.71. The molecule has 0 N–H and O–H groups in total. The number of carbonyl (C=O) groups is 1. The van der Waals surface area contributed by atoms with Crippen molar-refractivity contribution in [3.05, 3.63) is 35.9 Å². The standard InChI is InChI=1S/C8H7O2.BrH.Mg/c1-10-8(9)7-5-3-2-4-6-7;;/h3-6H,1H3;1H;/q-1;;+2/p-1. The minimum Gasteiger partial charge on any atom is -1.00 e. The Labute approximate surface area is 98.2 Å². The molecule has 0 atom stereocenters. The number of esters is 1. The van der Waals surface area contributed by atoms with Crippen LogP contribution in [0.3, 0.4) is 0 Å². The third kappa shape index (κ3) is 4.09. The first-order valence-corrected chi connectivity index (χ1v) is 2.89. The molecule has 0 amide bonds. The molecule has 0 unspecified atom stereocenters. The number of benzene rings is 1. The van der Waals surface area contributed by atoms with Gasteiger partial charge in [0.05, 0.1) is 7.11 Å². The Morgan fingerprint density at radius 2 is 1.92 bits per heavy atom. The molecular weight excluding hydrogens is 232 g/mol. The van der Waals surface area contributed by atoms with E-state index in [9.17, 15) is 4.79 Å². The Balaban J connectivity index is 0. The van der Waals surface area contributed by atoms with E-state index in [1.165, 1.54) is 7.11 Å². The van der Waals surface area contributed by atoms with Gasteiger partial charge in [-0.25, -0.2) is 4.79 Å². The molecule has 0 radical (unpaired) electrons. The molecule has 0 aliphatic carbocycles. The van der Waals surface area contributed by atoms with Crippen LogP contribution in [0.5, 0.6) is 0 Å². The van der Waals surface area contributed by atoms with Gasteiger partial charge in [0.25, 0.3) is 0 Å². The van der Waals surface area contributed by atoms with Gasteiger partial charge in [-0.3, -0.25) is 0 Å². The van der Waals surface area contributed by atoms with Crippen LogP contribution in [0.15, 0.2) is 24.3 Å². The first kappa shape index (κ1) is 14.5. The van der Waals surface area contributed by atoms with E-state index in [1.54, 1.807) is 24.3 Å². The minimum atomic E-state index is -0.311. The van der Waals surface area contributed by atoms with Crippen LogP contribution < -0.4 is 17.0 Å². The second-order valence-electron chi connectivity index (χ2n) is 1.78. The fourth-order valence-corrected chi connectivity index (χ4v) is 0.641. The molecular formula is C8H7BrMgO2. The predicted molar refractivity (Wildman–Crippen MR) is 42.4 cm³/mol. The predicted octanol–water partition coefficient (Wildman–Crippen LogP) is -2.10. The average Bonchev–Trinajstić information content (AvgIpc) is 2.05. The normalized spacial score (nSPS) is 7.42. The van der Waals surface area contributed by atoms with Gasteiger partial charge in [-0.1, -0.05) is 0 Å². The summed E-state index contributed by atoms with van der Waals surface area (Å²) in [5, 5.41) is 0. The van der Waals surface area contributed by atoms with Gasteiger partial charge in [-0.15, -0.1) is 0 Å². The number of halogens is 1. The summed E-state index contributed by atoms with van der Waals surface area (Å²) in [5.74, 6) is -0.311. The first-order valence-electron chi connectivity index (χ1n) is 2.89. The van der Waals surface area contributed by atoms with Crippen LogP contribution in [-0.4, -0.2) is 36.1 Å². The van der Waals surface area contributed by atoms with Crippen molar-refractivity contribution < 1.29 is 26.5 Å². The van der Waals surface area contributed by atoms with Gasteiger partial charge in [0.15, 0.2) is 0 Å². The summed E-state index contributed by atoms with van der Waals surface area (Å²) in [5.41, 5.74) is 0.557. The van der Waals surface area contributed by atoms with Crippen LogP contribution >= 0.6 is 0 Å². The van der Waals surface area contributed by atoms with E-state index < -0.39 is 0 Å². The number of methoxy groups -OCH3 is 1. The van der Waals surface area contributed by atoms with Crippen molar-refractivity contribution in [1.29, 1.82) is 0 Å². The van der Waals surface area contributed by atoms with Gasteiger partial charge < -0.3 is 21.7 Å². The summed E-state index contributed by atoms with van der Waals surface area (Å²) in [4.78, 5) is 10.8. The molecule has 1 aromatic rings. The molecule has 0 heterocycles. The SMILES string of the molecule is COC(=O)c1cc[c-]cc1.[Br-].[Mg+2]. The van der Waals surface area contributed by atoms with Crippen LogP contribution in [-0.2, 0) is 4.74 Å². The Bertz CT molecular complexity index is 226. The molecule has 60 valence electrons. The van der Waals surface area contributed by atoms with E-state index in [-0.39, 0.29) is 46.0 Å². The van der Waals surface area contributed by atoms with Crippen molar-refractivity contribution in [2.75, 3.05) is 7.11 Å². The molecule has 0 saturated carbocycles. The Kier molecular flexibility index (Phi) is 9.13. The van der Waals surface area contributed by atoms with Gasteiger partial charge in [-0.05, 0) is 5.56 Å². The van der Waals surface area contributed by atoms with Crippen molar-refractivity contribution in [2.45, 2.75) is 0 Å². The number of hydrogen-bond donors (Lipinski definition) is 0. The van der Waals surface area contributed by atoms with E-state index >= 15 is 0 Å². The van der Waals surface area contributed by atoms with E-state index in [4.69, 9.17) is 0 Å². The number of ether oxygens (including phenoxy) is 1. The second-order valence-corrected chi connectivity index (χ2v) is 1.78. The fourth-order valence-electron chi connectivity index (χ4n) is 0.641. The van der Waals surface area contributed by atoms with Crippen LogP contribution in [0.25, 0.3) is 0 Å². The van der Waals surface area contributed by atoms with Crippen molar-refractivity contribution >= 4 is 29.0 Å². The molecule has 12 heavy (non-hydrogen) atoms. The number of hydrogen-bond acceptors (Lipinski definition) is 2. The molecule has 0 fully saturated rings. The topological polar surface area (TPSA) is 26.3 Å². The van der Waals surface area contributed by atoms with Crippen LogP contribution in [0.1, 0.15) is 10.4 Å². The van der Waals surface area contributed by atoms with Gasteiger partial charge >= 0.3 is 29.0 Å². The number of rotatable bonds is 1. The summed E-state index contributed by atoms with van der Waals surface area (Å²) in [6.07, 6.45) is 0. The van der Waals surface area contributed by atoms with Crippen LogP contribution in [0.4, 0.5) is 0 Å². The molecule has 0 spiro atoms. The third-order valence-corrected chi connectivity index (χ3v) is 1.14. The molecule has 0 aliphatic heterocycles. The average molecular weight is 239 g/mol. The van der Waals surface area contributed by atoms with E-state index in [2.05, 4.69) is 10.8 Å². The fraction of sp³-hybridized carbons (Fsp3) is 0.125. The number of carbonyl (C=O) groups excluding carboxylic acids is 1. The van der Waals surface area contributed by atoms with Gasteiger partial charge in [0, 0.05) is 0 Å². The maximum Gasteiger partial charge on any atom is 2.00 e. The van der Waals surface area contributed by atoms with Crippen LogP contribution in [0, 0.1) is 6.07 Å². The molecule has 1 rings (SSSR count). The van der Waals surface area contributed by atoms with Gasteiger partial charge in [0.1, 0.15) is 0 Å². The minimum absolute atomic E-state index is 0. The second kappa shape index (κ2) is 7.58. The summed E-state index contributed by atoms with van der Waals surface area (Å²) in [7, 11) is 1.36. The van der Waals surface area contributed by atoms with Crippen molar-refractivity contribution in [1.82, 2.24) is 0 Å². The summed E-state index contributed by atoms with van der Waals surface area (Å²) >= 11 is 0. The van der Waals surface area contributed by atoms with Gasteiger partial charge in [-0.2, -0.15) is 30.3 Å². The molecule has 0 aromatic heterocycles. The Morgan fingerprint density at radius 1 is 1.42 bits per heavy atom. The molecule has 0 aliphatic rings. The van der Waals surface area contributed by atoms with Gasteiger partial charge in [0.2, 0.25) is 0 Å². The molecule has 1 aromatic carbocycles. The molecule has 4 heteroatoms. The van der Waals surface area contributed by atoms with E-state index in [0.29, 0.717) is 5.56 Å². The quantitative estimate of drug-likeness (QED) is 0.319. The van der Waals surface area contributed by atoms with E-state index in [1.807, 2.05) is 0 Å². The zero-order chi connectivity index (χ0) is 7.40. The first-order chi connectivity index (χ1) is 4.84. The summed E-state index contributed by atoms with van der Waals surface area (Å²) < 4.78 is 4.48. The summed E-state index contributed by atoms with van der Waals surface area (Å²) in [6.45, 7) is 0. The maximum atomic E-state index is 10.8. The summed E-state index contributed by atoms with van der Waals surface area (Å²) in [6, 6.07) is 9.47. The smallest absolute Gasteiger partial charge is 1.00 e. The molecule has 0 saturated heterocycles. The third-order valence-electron chi connectivity index (χ3n) is 1.14. The Hall–Kier alpha value is -0.0638. The molecule has 0 bridgehead atoms. The largest absolute Gasteiger partial charge is 2.00 e. The maximum absolute atomic E-state index is 10.8. The monoisotopic (exact) mass is 238 g/mol.